The van der Waals surface area contributed by atoms with Crippen LogP contribution in [0.25, 0.3) is 5.69 Å². The zero-order valence-electron chi connectivity index (χ0n) is 15.0. The highest BCUT2D eigenvalue weighted by Crippen LogP contribution is 2.30. The van der Waals surface area contributed by atoms with E-state index in [1.165, 1.54) is 11.1 Å². The van der Waals surface area contributed by atoms with Gasteiger partial charge in [-0.05, 0) is 42.4 Å². The third-order valence-electron chi connectivity index (χ3n) is 4.12. The number of aromatic nitrogens is 3. The summed E-state index contributed by atoms with van der Waals surface area (Å²) < 4.78 is 13.3. The lowest BCUT2D eigenvalue weighted by atomic mass is 10.1. The van der Waals surface area contributed by atoms with Crippen LogP contribution in [0.1, 0.15) is 17.0 Å². The zero-order chi connectivity index (χ0) is 18.5. The molecule has 26 heavy (non-hydrogen) atoms. The van der Waals surface area contributed by atoms with E-state index in [1.807, 2.05) is 22.8 Å². The molecule has 0 spiro atoms. The number of nitrogens with zero attached hydrogens (tertiary/aromatic N) is 2. The highest BCUT2D eigenvalue weighted by molar-refractivity contribution is 7.97. The number of benzene rings is 2. The Morgan fingerprint density at radius 3 is 2.65 bits per heavy atom. The van der Waals surface area contributed by atoms with Gasteiger partial charge in [-0.25, -0.2) is 0 Å². The molecule has 7 heteroatoms. The van der Waals surface area contributed by atoms with E-state index in [0.29, 0.717) is 10.5 Å². The van der Waals surface area contributed by atoms with Crippen LogP contribution in [0, 0.1) is 11.7 Å². The molecule has 0 aliphatic rings. The molecule has 0 unspecified atom stereocenters. The first-order valence-electron chi connectivity index (χ1n) is 8.15. The average molecular weight is 388 g/mol. The summed E-state index contributed by atoms with van der Waals surface area (Å²) in [6, 6.07) is 14.0. The Kier molecular flexibility index (Phi) is 6.00. The molecule has 5 nitrogen and oxygen atoms in total. The van der Waals surface area contributed by atoms with E-state index in [0.717, 1.165) is 28.8 Å². The van der Waals surface area contributed by atoms with Gasteiger partial charge in [-0.3, -0.25) is 9.67 Å². The average Bonchev–Trinajstić information content (AvgIpc) is 3.03. The maximum Gasteiger partial charge on any atom is 0.200 e. The summed E-state index contributed by atoms with van der Waals surface area (Å²) in [5, 5.41) is 7.30. The van der Waals surface area contributed by atoms with Gasteiger partial charge in [-0.1, -0.05) is 24.3 Å². The molecule has 2 aromatic carbocycles. The topological polar surface area (TPSA) is 52.1 Å². The van der Waals surface area contributed by atoms with Crippen molar-refractivity contribution in [2.45, 2.75) is 18.4 Å². The van der Waals surface area contributed by atoms with Gasteiger partial charge in [-0.15, -0.1) is 11.8 Å². The molecule has 0 amide bonds. The number of hydrogen-bond donors (Lipinski definition) is 1. The van der Waals surface area contributed by atoms with Crippen LogP contribution in [0.15, 0.2) is 42.5 Å². The molecular formula is C19H21N3O2S2. The van der Waals surface area contributed by atoms with Gasteiger partial charge in [-0.2, -0.15) is 5.10 Å². The molecule has 0 aliphatic carbocycles. The highest BCUT2D eigenvalue weighted by atomic mass is 32.2. The second kappa shape index (κ2) is 8.42. The number of H-pyrrole nitrogens is 1. The Labute approximate surface area is 162 Å². The molecule has 1 N–H and O–H groups in total. The minimum atomic E-state index is 0.531. The van der Waals surface area contributed by atoms with Crippen molar-refractivity contribution >= 4 is 24.0 Å². The first-order chi connectivity index (χ1) is 12.6. The van der Waals surface area contributed by atoms with Crippen LogP contribution in [0.2, 0.25) is 0 Å². The lowest BCUT2D eigenvalue weighted by Crippen LogP contribution is -2.03. The number of aryl methyl sites for hydroxylation is 1. The molecule has 136 valence electrons. The molecule has 0 radical (unpaired) electrons. The van der Waals surface area contributed by atoms with E-state index in [-0.39, 0.29) is 0 Å². The molecule has 0 fully saturated rings. The van der Waals surface area contributed by atoms with Gasteiger partial charge in [0.2, 0.25) is 0 Å². The number of rotatable bonds is 7. The van der Waals surface area contributed by atoms with Crippen LogP contribution < -0.4 is 9.47 Å². The fourth-order valence-electron chi connectivity index (χ4n) is 2.67. The van der Waals surface area contributed by atoms with Gasteiger partial charge in [0.25, 0.3) is 0 Å². The molecule has 0 saturated heterocycles. The van der Waals surface area contributed by atoms with Crippen LogP contribution in [0.3, 0.4) is 0 Å². The van der Waals surface area contributed by atoms with Gasteiger partial charge in [0.1, 0.15) is 17.3 Å². The first-order valence-corrected chi connectivity index (χ1v) is 9.71. The fraction of sp³-hybridized carbons (Fsp3) is 0.263. The molecule has 1 aromatic heterocycles. The highest BCUT2D eigenvalue weighted by Gasteiger charge is 2.14. The predicted molar refractivity (Wildman–Crippen MR) is 108 cm³/mol. The first kappa shape index (κ1) is 18.5. The standard InChI is InChI=1S/C19H21N3O2S2/c1-13-6-4-5-7-14(13)11-26-12-18-20-21-19(25)22(18)16-10-15(23-2)8-9-17(16)24-3/h4-10H,11-12H2,1-3H3,(H,21,25). The van der Waals surface area contributed by atoms with Gasteiger partial charge < -0.3 is 9.47 Å². The summed E-state index contributed by atoms with van der Waals surface area (Å²) >= 11 is 7.24. The summed E-state index contributed by atoms with van der Waals surface area (Å²) in [7, 11) is 3.28. The van der Waals surface area contributed by atoms with Crippen molar-refractivity contribution in [2.24, 2.45) is 0 Å². The third kappa shape index (κ3) is 3.94. The number of hydrogen-bond acceptors (Lipinski definition) is 5. The quantitative estimate of drug-likeness (QED) is 0.596. The monoisotopic (exact) mass is 387 g/mol. The van der Waals surface area contributed by atoms with Crippen LogP contribution in [-0.4, -0.2) is 29.0 Å². The van der Waals surface area contributed by atoms with Gasteiger partial charge in [0, 0.05) is 11.8 Å². The molecule has 3 aromatic rings. The summed E-state index contributed by atoms with van der Waals surface area (Å²) in [5.74, 6) is 3.94. The summed E-state index contributed by atoms with van der Waals surface area (Å²) in [6.45, 7) is 2.13. The van der Waals surface area contributed by atoms with Crippen molar-refractivity contribution < 1.29 is 9.47 Å². The van der Waals surface area contributed by atoms with Crippen molar-refractivity contribution in [1.82, 2.24) is 14.8 Å². The molecule has 0 aliphatic heterocycles. The second-order valence-electron chi connectivity index (χ2n) is 5.74. The van der Waals surface area contributed by atoms with Gasteiger partial charge in [0.15, 0.2) is 4.77 Å². The lowest BCUT2D eigenvalue weighted by Gasteiger charge is -2.13. The molecule has 3 rings (SSSR count). The number of ether oxygens (including phenoxy) is 2. The SMILES string of the molecule is COc1ccc(OC)c(-n2c(CSCc3ccccc3C)n[nH]c2=S)c1. The minimum Gasteiger partial charge on any atom is -0.497 e. The molecule has 0 atom stereocenters. The van der Waals surface area contributed by atoms with E-state index >= 15 is 0 Å². The minimum absolute atomic E-state index is 0.531. The lowest BCUT2D eigenvalue weighted by molar-refractivity contribution is 0.401. The summed E-state index contributed by atoms with van der Waals surface area (Å²) in [6.07, 6.45) is 0. The van der Waals surface area contributed by atoms with Crippen molar-refractivity contribution in [3.05, 3.63) is 64.2 Å². The number of nitrogens with one attached hydrogen (secondary N) is 1. The van der Waals surface area contributed by atoms with Crippen LogP contribution in [0.4, 0.5) is 0 Å². The van der Waals surface area contributed by atoms with E-state index in [4.69, 9.17) is 21.7 Å². The Hall–Kier alpha value is -2.25. The van der Waals surface area contributed by atoms with Crippen molar-refractivity contribution in [3.8, 4) is 17.2 Å². The maximum atomic E-state index is 5.50. The van der Waals surface area contributed by atoms with Gasteiger partial charge >= 0.3 is 0 Å². The largest absolute Gasteiger partial charge is 0.497 e. The van der Waals surface area contributed by atoms with Crippen molar-refractivity contribution in [2.75, 3.05) is 14.2 Å². The summed E-state index contributed by atoms with van der Waals surface area (Å²) in [5.41, 5.74) is 3.45. The molecule has 0 bridgehead atoms. The van der Waals surface area contributed by atoms with Crippen LogP contribution in [0.5, 0.6) is 11.5 Å². The smallest absolute Gasteiger partial charge is 0.200 e. The maximum absolute atomic E-state index is 5.50. The Bertz CT molecular complexity index is 950. The van der Waals surface area contributed by atoms with E-state index in [1.54, 1.807) is 26.0 Å². The van der Waals surface area contributed by atoms with E-state index < -0.39 is 0 Å². The van der Waals surface area contributed by atoms with Gasteiger partial charge in [0.05, 0.1) is 25.7 Å². The predicted octanol–water partition coefficient (Wildman–Crippen LogP) is 4.69. The van der Waals surface area contributed by atoms with Crippen LogP contribution >= 0.6 is 24.0 Å². The fourth-order valence-corrected chi connectivity index (χ4v) is 3.94. The third-order valence-corrected chi connectivity index (χ3v) is 5.37. The Morgan fingerprint density at radius 2 is 1.92 bits per heavy atom. The number of methoxy groups -OCH3 is 2. The molecular weight excluding hydrogens is 366 g/mol. The van der Waals surface area contributed by atoms with E-state index in [2.05, 4.69) is 41.4 Å². The Balaban J connectivity index is 1.86. The second-order valence-corrected chi connectivity index (χ2v) is 7.11. The summed E-state index contributed by atoms with van der Waals surface area (Å²) in [4.78, 5) is 0. The Morgan fingerprint density at radius 1 is 1.12 bits per heavy atom. The number of aromatic amines is 1. The normalized spacial score (nSPS) is 10.7. The van der Waals surface area contributed by atoms with Crippen molar-refractivity contribution in [1.29, 1.82) is 0 Å². The number of thioether (sulfide) groups is 1. The zero-order valence-corrected chi connectivity index (χ0v) is 16.6. The molecule has 1 heterocycles. The molecule has 0 saturated carbocycles. The van der Waals surface area contributed by atoms with Crippen molar-refractivity contribution in [3.63, 3.8) is 0 Å². The van der Waals surface area contributed by atoms with E-state index in [9.17, 15) is 0 Å². The van der Waals surface area contributed by atoms with Crippen LogP contribution in [-0.2, 0) is 11.5 Å².